The Hall–Kier alpha value is -2.80. The second kappa shape index (κ2) is 6.42. The predicted molar refractivity (Wildman–Crippen MR) is 108 cm³/mol. The normalized spacial score (nSPS) is 11.9. The maximum absolute atomic E-state index is 12.9. The fourth-order valence-corrected chi connectivity index (χ4v) is 3.15. The number of carbonyl (C=O) groups excluding carboxylic acids is 1. The Kier molecular flexibility index (Phi) is 4.19. The van der Waals surface area contributed by atoms with Gasteiger partial charge in [-0.1, -0.05) is 0 Å². The summed E-state index contributed by atoms with van der Waals surface area (Å²) in [4.78, 5) is 26.1. The highest BCUT2D eigenvalue weighted by Crippen LogP contribution is 2.30. The van der Waals surface area contributed by atoms with Gasteiger partial charge in [-0.3, -0.25) is 4.98 Å². The molecule has 0 bridgehead atoms. The van der Waals surface area contributed by atoms with Gasteiger partial charge in [0, 0.05) is 34.9 Å². The van der Waals surface area contributed by atoms with E-state index in [9.17, 15) is 4.79 Å². The summed E-state index contributed by atoms with van der Waals surface area (Å²) in [6, 6.07) is 9.44. The fourth-order valence-electron chi connectivity index (χ4n) is 2.91. The van der Waals surface area contributed by atoms with Crippen LogP contribution in [0.25, 0.3) is 33.2 Å². The fraction of sp³-hybridized carbons (Fsp3) is 0.200. The summed E-state index contributed by atoms with van der Waals surface area (Å²) in [5.41, 5.74) is 2.23. The quantitative estimate of drug-likeness (QED) is 0.393. The minimum Gasteiger partial charge on any atom is -0.443 e. The van der Waals surface area contributed by atoms with E-state index in [0.717, 1.165) is 26.6 Å². The SMILES string of the molecule is CC(C)(C)OC(=O)n1c2ccncc2c2ccc(-c3ccc(Br)nc3)nc21. The Labute approximate surface area is 164 Å². The van der Waals surface area contributed by atoms with Crippen LogP contribution in [0.15, 0.2) is 53.5 Å². The lowest BCUT2D eigenvalue weighted by molar-refractivity contribution is 0.0550. The van der Waals surface area contributed by atoms with Gasteiger partial charge in [0.15, 0.2) is 5.65 Å². The third kappa shape index (κ3) is 3.30. The summed E-state index contributed by atoms with van der Waals surface area (Å²) >= 11 is 3.34. The highest BCUT2D eigenvalue weighted by molar-refractivity contribution is 9.10. The lowest BCUT2D eigenvalue weighted by atomic mass is 10.1. The second-order valence-electron chi connectivity index (χ2n) is 7.15. The first-order valence-corrected chi connectivity index (χ1v) is 9.23. The van der Waals surface area contributed by atoms with E-state index >= 15 is 0 Å². The molecule has 0 aromatic carbocycles. The molecule has 136 valence electrons. The van der Waals surface area contributed by atoms with E-state index in [-0.39, 0.29) is 0 Å². The van der Waals surface area contributed by atoms with Crippen LogP contribution in [0.2, 0.25) is 0 Å². The topological polar surface area (TPSA) is 69.9 Å². The van der Waals surface area contributed by atoms with Crippen LogP contribution < -0.4 is 0 Å². The standard InChI is InChI=1S/C20H17BrN4O2/c1-20(2,3)27-19(26)25-16-8-9-22-11-14(16)13-5-6-15(24-18(13)25)12-4-7-17(21)23-10-12/h4-11H,1-3H3. The minimum atomic E-state index is -0.611. The van der Waals surface area contributed by atoms with E-state index in [2.05, 4.69) is 25.9 Å². The molecular weight excluding hydrogens is 408 g/mol. The maximum atomic E-state index is 12.9. The number of carbonyl (C=O) groups is 1. The first-order valence-electron chi connectivity index (χ1n) is 8.44. The summed E-state index contributed by atoms with van der Waals surface area (Å²) in [5, 5.41) is 1.70. The van der Waals surface area contributed by atoms with E-state index in [1.54, 1.807) is 24.7 Å². The first kappa shape index (κ1) is 17.6. The summed E-state index contributed by atoms with van der Waals surface area (Å²) in [6.45, 7) is 5.52. The number of nitrogens with zero attached hydrogens (tertiary/aromatic N) is 4. The monoisotopic (exact) mass is 424 g/mol. The highest BCUT2D eigenvalue weighted by Gasteiger charge is 2.23. The van der Waals surface area contributed by atoms with Crippen LogP contribution in [-0.4, -0.2) is 31.2 Å². The molecule has 0 unspecified atom stereocenters. The van der Waals surface area contributed by atoms with Gasteiger partial charge in [0.05, 0.1) is 11.2 Å². The smallest absolute Gasteiger partial charge is 0.420 e. The molecule has 0 fully saturated rings. The van der Waals surface area contributed by atoms with Crippen LogP contribution in [0.4, 0.5) is 4.79 Å². The molecule has 4 aromatic rings. The average molecular weight is 425 g/mol. The number of hydrogen-bond donors (Lipinski definition) is 0. The van der Waals surface area contributed by atoms with Gasteiger partial charge in [0.2, 0.25) is 0 Å². The minimum absolute atomic E-state index is 0.465. The van der Waals surface area contributed by atoms with Gasteiger partial charge in [-0.15, -0.1) is 0 Å². The van der Waals surface area contributed by atoms with Crippen LogP contribution in [0, 0.1) is 0 Å². The number of ether oxygens (including phenoxy) is 1. The van der Waals surface area contributed by atoms with Gasteiger partial charge >= 0.3 is 6.09 Å². The average Bonchev–Trinajstić information content (AvgIpc) is 2.94. The van der Waals surface area contributed by atoms with Crippen molar-refractivity contribution in [1.29, 1.82) is 0 Å². The van der Waals surface area contributed by atoms with Crippen LogP contribution in [-0.2, 0) is 4.74 Å². The van der Waals surface area contributed by atoms with Gasteiger partial charge in [-0.2, -0.15) is 0 Å². The molecule has 0 spiro atoms. The third-order valence-corrected chi connectivity index (χ3v) is 4.48. The van der Waals surface area contributed by atoms with E-state index in [1.807, 2.05) is 45.0 Å². The Bertz CT molecular complexity index is 1160. The van der Waals surface area contributed by atoms with Crippen molar-refractivity contribution < 1.29 is 9.53 Å². The first-order chi connectivity index (χ1) is 12.8. The third-order valence-electron chi connectivity index (χ3n) is 4.02. The van der Waals surface area contributed by atoms with Crippen LogP contribution in [0.5, 0.6) is 0 Å². The number of halogens is 1. The van der Waals surface area contributed by atoms with E-state index in [0.29, 0.717) is 11.2 Å². The Morgan fingerprint density at radius 2 is 1.89 bits per heavy atom. The molecule has 0 atom stereocenters. The number of rotatable bonds is 1. The molecule has 6 nitrogen and oxygen atoms in total. The van der Waals surface area contributed by atoms with Gasteiger partial charge < -0.3 is 4.74 Å². The number of pyridine rings is 3. The molecule has 7 heteroatoms. The molecule has 0 saturated carbocycles. The Morgan fingerprint density at radius 1 is 1.07 bits per heavy atom. The number of fused-ring (bicyclic) bond motifs is 3. The van der Waals surface area contributed by atoms with Crippen molar-refractivity contribution in [2.75, 3.05) is 0 Å². The molecule has 0 amide bonds. The Morgan fingerprint density at radius 3 is 2.59 bits per heavy atom. The van der Waals surface area contributed by atoms with E-state index in [1.165, 1.54) is 4.57 Å². The van der Waals surface area contributed by atoms with Gasteiger partial charge in [-0.25, -0.2) is 19.3 Å². The van der Waals surface area contributed by atoms with Crippen molar-refractivity contribution in [2.24, 2.45) is 0 Å². The molecule has 0 aliphatic rings. The summed E-state index contributed by atoms with van der Waals surface area (Å²) in [7, 11) is 0. The van der Waals surface area contributed by atoms with E-state index in [4.69, 9.17) is 9.72 Å². The molecule has 4 rings (SSSR count). The molecule has 4 heterocycles. The largest absolute Gasteiger partial charge is 0.443 e. The molecule has 0 aliphatic heterocycles. The summed E-state index contributed by atoms with van der Waals surface area (Å²) in [6.07, 6.45) is 4.66. The summed E-state index contributed by atoms with van der Waals surface area (Å²) in [5.74, 6) is 0. The lowest BCUT2D eigenvalue weighted by Gasteiger charge is -2.20. The van der Waals surface area contributed by atoms with Crippen molar-refractivity contribution in [1.82, 2.24) is 19.5 Å². The van der Waals surface area contributed by atoms with Crippen molar-refractivity contribution >= 4 is 44.0 Å². The number of hydrogen-bond acceptors (Lipinski definition) is 5. The summed E-state index contributed by atoms with van der Waals surface area (Å²) < 4.78 is 7.86. The molecule has 4 aromatic heterocycles. The van der Waals surface area contributed by atoms with Gasteiger partial charge in [-0.05, 0) is 67.0 Å². The van der Waals surface area contributed by atoms with Crippen LogP contribution in [0.1, 0.15) is 20.8 Å². The van der Waals surface area contributed by atoms with Gasteiger partial charge in [0.1, 0.15) is 10.2 Å². The van der Waals surface area contributed by atoms with Gasteiger partial charge in [0.25, 0.3) is 0 Å². The second-order valence-corrected chi connectivity index (χ2v) is 7.96. The molecule has 0 radical (unpaired) electrons. The zero-order chi connectivity index (χ0) is 19.2. The van der Waals surface area contributed by atoms with Crippen molar-refractivity contribution in [3.05, 3.63) is 53.5 Å². The highest BCUT2D eigenvalue weighted by atomic mass is 79.9. The van der Waals surface area contributed by atoms with Crippen molar-refractivity contribution in [3.63, 3.8) is 0 Å². The molecule has 0 aliphatic carbocycles. The zero-order valence-corrected chi connectivity index (χ0v) is 16.7. The number of aromatic nitrogens is 4. The molecule has 27 heavy (non-hydrogen) atoms. The van der Waals surface area contributed by atoms with Crippen molar-refractivity contribution in [2.45, 2.75) is 26.4 Å². The predicted octanol–water partition coefficient (Wildman–Crippen LogP) is 5.19. The molecule has 0 saturated heterocycles. The maximum Gasteiger partial charge on any atom is 0.420 e. The van der Waals surface area contributed by atoms with Crippen LogP contribution in [0.3, 0.4) is 0 Å². The van der Waals surface area contributed by atoms with E-state index < -0.39 is 11.7 Å². The van der Waals surface area contributed by atoms with Crippen LogP contribution >= 0.6 is 15.9 Å². The Balaban J connectivity index is 1.96. The van der Waals surface area contributed by atoms with Crippen molar-refractivity contribution in [3.8, 4) is 11.3 Å². The lowest BCUT2D eigenvalue weighted by Crippen LogP contribution is -2.27. The zero-order valence-electron chi connectivity index (χ0n) is 15.1. The molecular formula is C20H17BrN4O2. The molecule has 0 N–H and O–H groups in total.